The number of hydrogen-bond donors (Lipinski definition) is 1. The predicted molar refractivity (Wildman–Crippen MR) is 71.2 cm³/mol. The van der Waals surface area contributed by atoms with E-state index in [0.717, 1.165) is 31.5 Å². The molecular weight excluding hydrogens is 224 g/mol. The van der Waals surface area contributed by atoms with E-state index in [9.17, 15) is 0 Å². The minimum Gasteiger partial charge on any atom is -0.365 e. The van der Waals surface area contributed by atoms with E-state index in [1.165, 1.54) is 0 Å². The van der Waals surface area contributed by atoms with Crippen LogP contribution in [0.15, 0.2) is 24.3 Å². The number of ether oxygens (including phenoxy) is 1. The lowest BCUT2D eigenvalue weighted by molar-refractivity contribution is -0.112. The van der Waals surface area contributed by atoms with Gasteiger partial charge in [-0.15, -0.1) is 0 Å². The van der Waals surface area contributed by atoms with Gasteiger partial charge in [0.2, 0.25) is 0 Å². The van der Waals surface area contributed by atoms with Crippen LogP contribution in [0.5, 0.6) is 0 Å². The number of nitrogens with zero attached hydrogens (tertiary/aromatic N) is 1. The van der Waals surface area contributed by atoms with Crippen LogP contribution in [0.2, 0.25) is 0 Å². The summed E-state index contributed by atoms with van der Waals surface area (Å²) in [7, 11) is 0. The molecule has 1 aromatic carbocycles. The zero-order valence-electron chi connectivity index (χ0n) is 11.1. The molecular formula is C15H20N2O. The average molecular weight is 244 g/mol. The van der Waals surface area contributed by atoms with Gasteiger partial charge in [-0.05, 0) is 31.0 Å². The van der Waals surface area contributed by atoms with E-state index in [-0.39, 0.29) is 11.7 Å². The van der Waals surface area contributed by atoms with Crippen molar-refractivity contribution in [2.24, 2.45) is 0 Å². The predicted octanol–water partition coefficient (Wildman–Crippen LogP) is 2.78. The third kappa shape index (κ3) is 2.90. The molecule has 0 aromatic heterocycles. The molecule has 0 spiro atoms. The summed E-state index contributed by atoms with van der Waals surface area (Å²) in [6.45, 7) is 6.10. The van der Waals surface area contributed by atoms with E-state index in [4.69, 9.17) is 10.00 Å². The molecule has 1 aliphatic rings. The summed E-state index contributed by atoms with van der Waals surface area (Å²) < 4.78 is 6.23. The summed E-state index contributed by atoms with van der Waals surface area (Å²) in [6.07, 6.45) is 2.27. The maximum Gasteiger partial charge on any atom is 0.0991 e. The molecule has 2 rings (SSSR count). The summed E-state index contributed by atoms with van der Waals surface area (Å²) in [5.74, 6) is 0. The van der Waals surface area contributed by atoms with Crippen molar-refractivity contribution < 1.29 is 4.74 Å². The van der Waals surface area contributed by atoms with Gasteiger partial charge in [0, 0.05) is 13.1 Å². The van der Waals surface area contributed by atoms with E-state index in [1.807, 2.05) is 24.3 Å². The van der Waals surface area contributed by atoms with Gasteiger partial charge in [0.15, 0.2) is 0 Å². The van der Waals surface area contributed by atoms with Crippen LogP contribution in [0.4, 0.5) is 0 Å². The normalized spacial score (nSPS) is 27.7. The number of benzene rings is 1. The fourth-order valence-corrected chi connectivity index (χ4v) is 2.53. The molecule has 0 saturated carbocycles. The third-order valence-electron chi connectivity index (χ3n) is 3.45. The molecule has 1 heterocycles. The zero-order chi connectivity index (χ0) is 13.0. The van der Waals surface area contributed by atoms with Gasteiger partial charge in [-0.2, -0.15) is 5.26 Å². The van der Waals surface area contributed by atoms with Crippen LogP contribution in [-0.4, -0.2) is 18.7 Å². The quantitative estimate of drug-likeness (QED) is 0.889. The van der Waals surface area contributed by atoms with Crippen molar-refractivity contribution >= 4 is 0 Å². The van der Waals surface area contributed by atoms with Crippen molar-refractivity contribution in [2.75, 3.05) is 13.1 Å². The van der Waals surface area contributed by atoms with Crippen LogP contribution in [0.3, 0.4) is 0 Å². The molecule has 1 saturated heterocycles. The number of rotatable bonds is 3. The summed E-state index contributed by atoms with van der Waals surface area (Å²) in [5.41, 5.74) is 1.76. The SMILES string of the molecule is CCCC1(C)CNCC(c2ccc(C#N)cc2)O1. The Balaban J connectivity index is 2.10. The molecule has 1 aromatic rings. The smallest absolute Gasteiger partial charge is 0.0991 e. The minimum absolute atomic E-state index is 0.0778. The summed E-state index contributed by atoms with van der Waals surface area (Å²) >= 11 is 0. The molecule has 0 bridgehead atoms. The third-order valence-corrected chi connectivity index (χ3v) is 3.45. The highest BCUT2D eigenvalue weighted by Gasteiger charge is 2.32. The first kappa shape index (κ1) is 13.1. The maximum absolute atomic E-state index is 8.80. The Kier molecular flexibility index (Phi) is 4.00. The van der Waals surface area contributed by atoms with Crippen molar-refractivity contribution in [3.05, 3.63) is 35.4 Å². The Morgan fingerprint density at radius 2 is 2.17 bits per heavy atom. The lowest BCUT2D eigenvalue weighted by atomic mass is 9.96. The molecule has 0 radical (unpaired) electrons. The second-order valence-electron chi connectivity index (χ2n) is 5.17. The fraction of sp³-hybridized carbons (Fsp3) is 0.533. The molecule has 2 atom stereocenters. The lowest BCUT2D eigenvalue weighted by Gasteiger charge is -2.39. The van der Waals surface area contributed by atoms with Crippen LogP contribution in [0.25, 0.3) is 0 Å². The van der Waals surface area contributed by atoms with Crippen LogP contribution in [0, 0.1) is 11.3 Å². The van der Waals surface area contributed by atoms with Gasteiger partial charge in [0.1, 0.15) is 0 Å². The molecule has 3 heteroatoms. The van der Waals surface area contributed by atoms with Gasteiger partial charge in [-0.3, -0.25) is 0 Å². The van der Waals surface area contributed by atoms with E-state index in [2.05, 4.69) is 25.2 Å². The molecule has 1 N–H and O–H groups in total. The second-order valence-corrected chi connectivity index (χ2v) is 5.17. The molecule has 0 aliphatic carbocycles. The Bertz CT molecular complexity index is 431. The Morgan fingerprint density at radius 1 is 1.44 bits per heavy atom. The molecule has 3 nitrogen and oxygen atoms in total. The Labute approximate surface area is 109 Å². The second kappa shape index (κ2) is 5.51. The highest BCUT2D eigenvalue weighted by atomic mass is 16.5. The highest BCUT2D eigenvalue weighted by molar-refractivity contribution is 5.32. The number of morpholine rings is 1. The molecule has 1 aliphatic heterocycles. The summed E-state index contributed by atoms with van der Waals surface area (Å²) in [5, 5.41) is 12.2. The van der Waals surface area contributed by atoms with Gasteiger partial charge >= 0.3 is 0 Å². The van der Waals surface area contributed by atoms with Crippen LogP contribution in [-0.2, 0) is 4.74 Å². The minimum atomic E-state index is -0.0778. The maximum atomic E-state index is 8.80. The van der Waals surface area contributed by atoms with Gasteiger partial charge < -0.3 is 10.1 Å². The van der Waals surface area contributed by atoms with E-state index in [1.54, 1.807) is 0 Å². The van der Waals surface area contributed by atoms with Crippen molar-refractivity contribution in [3.8, 4) is 6.07 Å². The summed E-state index contributed by atoms with van der Waals surface area (Å²) in [6, 6.07) is 9.82. The Hall–Kier alpha value is -1.37. The molecule has 2 unspecified atom stereocenters. The van der Waals surface area contributed by atoms with Gasteiger partial charge in [0.25, 0.3) is 0 Å². The van der Waals surface area contributed by atoms with Crippen molar-refractivity contribution in [1.29, 1.82) is 5.26 Å². The molecule has 1 fully saturated rings. The van der Waals surface area contributed by atoms with Crippen molar-refractivity contribution in [1.82, 2.24) is 5.32 Å². The van der Waals surface area contributed by atoms with Gasteiger partial charge in [-0.25, -0.2) is 0 Å². The fourth-order valence-electron chi connectivity index (χ4n) is 2.53. The van der Waals surface area contributed by atoms with Crippen LogP contribution in [0.1, 0.15) is 43.9 Å². The van der Waals surface area contributed by atoms with Gasteiger partial charge in [0.05, 0.1) is 23.3 Å². The van der Waals surface area contributed by atoms with Crippen molar-refractivity contribution in [3.63, 3.8) is 0 Å². The Morgan fingerprint density at radius 3 is 2.78 bits per heavy atom. The number of nitriles is 1. The first-order chi connectivity index (χ1) is 8.67. The molecule has 96 valence electrons. The molecule has 18 heavy (non-hydrogen) atoms. The largest absolute Gasteiger partial charge is 0.365 e. The van der Waals surface area contributed by atoms with Gasteiger partial charge in [-0.1, -0.05) is 25.5 Å². The van der Waals surface area contributed by atoms with E-state index < -0.39 is 0 Å². The molecule has 0 amide bonds. The van der Waals surface area contributed by atoms with E-state index in [0.29, 0.717) is 5.56 Å². The standard InChI is InChI=1S/C15H20N2O/c1-3-8-15(2)11-17-10-14(18-15)13-6-4-12(9-16)5-7-13/h4-7,14,17H,3,8,10-11H2,1-2H3. The highest BCUT2D eigenvalue weighted by Crippen LogP contribution is 2.30. The average Bonchev–Trinajstić information content (AvgIpc) is 2.39. The summed E-state index contributed by atoms with van der Waals surface area (Å²) in [4.78, 5) is 0. The first-order valence-corrected chi connectivity index (χ1v) is 6.55. The topological polar surface area (TPSA) is 45.0 Å². The lowest BCUT2D eigenvalue weighted by Crippen LogP contribution is -2.48. The van der Waals surface area contributed by atoms with Crippen molar-refractivity contribution in [2.45, 2.75) is 38.4 Å². The van der Waals surface area contributed by atoms with Crippen LogP contribution < -0.4 is 5.32 Å². The number of nitrogens with one attached hydrogen (secondary N) is 1. The van der Waals surface area contributed by atoms with Crippen LogP contribution >= 0.6 is 0 Å². The monoisotopic (exact) mass is 244 g/mol. The zero-order valence-corrected chi connectivity index (χ0v) is 11.1. The van der Waals surface area contributed by atoms with E-state index >= 15 is 0 Å². The first-order valence-electron chi connectivity index (χ1n) is 6.55. The number of hydrogen-bond acceptors (Lipinski definition) is 3.